The molecule has 68 valence electrons. The largest absolute Gasteiger partial charge is 0.346 e. The van der Waals surface area contributed by atoms with E-state index in [1.807, 2.05) is 0 Å². The van der Waals surface area contributed by atoms with Crippen molar-refractivity contribution >= 4 is 0 Å². The van der Waals surface area contributed by atoms with Crippen LogP contribution in [0.15, 0.2) is 11.6 Å². The molecule has 2 rings (SSSR count). The predicted molar refractivity (Wildman–Crippen MR) is 45.9 cm³/mol. The van der Waals surface area contributed by atoms with Crippen molar-refractivity contribution in [2.45, 2.75) is 12.7 Å². The van der Waals surface area contributed by atoms with E-state index in [0.29, 0.717) is 0 Å². The first-order chi connectivity index (χ1) is 5.86. The fourth-order valence-electron chi connectivity index (χ4n) is 1.67. The topological polar surface area (TPSA) is 21.7 Å². The van der Waals surface area contributed by atoms with Crippen LogP contribution in [-0.2, 0) is 9.47 Å². The lowest BCUT2D eigenvalue weighted by Crippen LogP contribution is -2.30. The summed E-state index contributed by atoms with van der Waals surface area (Å²) in [6.45, 7) is 3.62. The third-order valence-electron chi connectivity index (χ3n) is 2.29. The highest BCUT2D eigenvalue weighted by molar-refractivity contribution is 5.11. The van der Waals surface area contributed by atoms with E-state index in [9.17, 15) is 0 Å². The Morgan fingerprint density at radius 2 is 2.17 bits per heavy atom. The van der Waals surface area contributed by atoms with Crippen molar-refractivity contribution in [1.29, 1.82) is 0 Å². The van der Waals surface area contributed by atoms with E-state index >= 15 is 0 Å². The summed E-state index contributed by atoms with van der Waals surface area (Å²) in [5.41, 5.74) is 1.29. The van der Waals surface area contributed by atoms with Gasteiger partial charge in [0.15, 0.2) is 6.29 Å². The van der Waals surface area contributed by atoms with Crippen LogP contribution in [0.5, 0.6) is 0 Å². The lowest BCUT2D eigenvalue weighted by Gasteiger charge is -2.25. The summed E-state index contributed by atoms with van der Waals surface area (Å²) < 4.78 is 10.8. The van der Waals surface area contributed by atoms with Gasteiger partial charge in [-0.1, -0.05) is 6.08 Å². The van der Waals surface area contributed by atoms with Gasteiger partial charge in [-0.05, 0) is 19.0 Å². The van der Waals surface area contributed by atoms with Gasteiger partial charge in [-0.2, -0.15) is 0 Å². The second-order valence-electron chi connectivity index (χ2n) is 3.38. The van der Waals surface area contributed by atoms with E-state index in [2.05, 4.69) is 18.0 Å². The lowest BCUT2D eigenvalue weighted by atomic mass is 10.1. The van der Waals surface area contributed by atoms with E-state index in [1.54, 1.807) is 0 Å². The smallest absolute Gasteiger partial charge is 0.181 e. The molecule has 0 spiro atoms. The summed E-state index contributed by atoms with van der Waals surface area (Å²) in [6, 6.07) is 0. The standard InChI is InChI=1S/C9H15NO2/c1-10-4-2-3-8(7-10)9-11-5-6-12-9/h3,9H,2,4-7H2,1H3. The quantitative estimate of drug-likeness (QED) is 0.537. The third-order valence-corrected chi connectivity index (χ3v) is 2.29. The maximum Gasteiger partial charge on any atom is 0.181 e. The molecule has 2 heterocycles. The molecule has 0 radical (unpaired) electrons. The number of likely N-dealkylation sites (N-methyl/N-ethyl adjacent to an activating group) is 1. The monoisotopic (exact) mass is 169 g/mol. The van der Waals surface area contributed by atoms with Crippen molar-refractivity contribution in [1.82, 2.24) is 4.90 Å². The molecule has 0 aromatic rings. The minimum Gasteiger partial charge on any atom is -0.346 e. The van der Waals surface area contributed by atoms with Crippen LogP contribution in [0, 0.1) is 0 Å². The number of hydrogen-bond donors (Lipinski definition) is 0. The molecular formula is C9H15NO2. The molecular weight excluding hydrogens is 154 g/mol. The minimum atomic E-state index is -0.0484. The van der Waals surface area contributed by atoms with E-state index in [0.717, 1.165) is 32.7 Å². The number of hydrogen-bond acceptors (Lipinski definition) is 3. The second kappa shape index (κ2) is 3.56. The van der Waals surface area contributed by atoms with Gasteiger partial charge < -0.3 is 14.4 Å². The molecule has 1 fully saturated rings. The Balaban J connectivity index is 1.97. The highest BCUT2D eigenvalue weighted by Crippen LogP contribution is 2.18. The fourth-order valence-corrected chi connectivity index (χ4v) is 1.67. The van der Waals surface area contributed by atoms with Crippen LogP contribution in [0.3, 0.4) is 0 Å². The predicted octanol–water partition coefficient (Wildman–Crippen LogP) is 0.621. The Bertz CT molecular complexity index is 185. The zero-order valence-corrected chi connectivity index (χ0v) is 7.45. The zero-order chi connectivity index (χ0) is 8.39. The summed E-state index contributed by atoms with van der Waals surface area (Å²) in [6.07, 6.45) is 3.32. The first-order valence-electron chi connectivity index (χ1n) is 4.47. The zero-order valence-electron chi connectivity index (χ0n) is 7.45. The Labute approximate surface area is 72.9 Å². The fraction of sp³-hybridized carbons (Fsp3) is 0.778. The van der Waals surface area contributed by atoms with Crippen molar-refractivity contribution in [3.8, 4) is 0 Å². The summed E-state index contributed by atoms with van der Waals surface area (Å²) in [4.78, 5) is 2.29. The van der Waals surface area contributed by atoms with Crippen molar-refractivity contribution < 1.29 is 9.47 Å². The Morgan fingerprint density at radius 1 is 1.42 bits per heavy atom. The summed E-state index contributed by atoms with van der Waals surface area (Å²) in [5, 5.41) is 0. The summed E-state index contributed by atoms with van der Waals surface area (Å²) in [5.74, 6) is 0. The Morgan fingerprint density at radius 3 is 2.83 bits per heavy atom. The van der Waals surface area contributed by atoms with Crippen LogP contribution in [0.25, 0.3) is 0 Å². The number of ether oxygens (including phenoxy) is 2. The molecule has 0 atom stereocenters. The minimum absolute atomic E-state index is 0.0484. The normalized spacial score (nSPS) is 27.6. The molecule has 1 saturated heterocycles. The first kappa shape index (κ1) is 8.23. The van der Waals surface area contributed by atoms with Crippen molar-refractivity contribution in [2.75, 3.05) is 33.4 Å². The van der Waals surface area contributed by atoms with Gasteiger partial charge in [0.1, 0.15) is 0 Å². The Hall–Kier alpha value is -0.380. The van der Waals surface area contributed by atoms with Crippen molar-refractivity contribution in [3.05, 3.63) is 11.6 Å². The first-order valence-corrected chi connectivity index (χ1v) is 4.47. The van der Waals surface area contributed by atoms with Gasteiger partial charge in [0, 0.05) is 13.1 Å². The molecule has 0 aliphatic carbocycles. The summed E-state index contributed by atoms with van der Waals surface area (Å²) >= 11 is 0. The van der Waals surface area contributed by atoms with Crippen molar-refractivity contribution in [2.24, 2.45) is 0 Å². The van der Waals surface area contributed by atoms with E-state index < -0.39 is 0 Å². The van der Waals surface area contributed by atoms with Gasteiger partial charge in [0.2, 0.25) is 0 Å². The van der Waals surface area contributed by atoms with Crippen LogP contribution < -0.4 is 0 Å². The maximum atomic E-state index is 5.42. The highest BCUT2D eigenvalue weighted by atomic mass is 16.7. The molecule has 0 aromatic heterocycles. The average molecular weight is 169 g/mol. The maximum absolute atomic E-state index is 5.42. The van der Waals surface area contributed by atoms with Crippen LogP contribution in [0.1, 0.15) is 6.42 Å². The molecule has 0 unspecified atom stereocenters. The van der Waals surface area contributed by atoms with Gasteiger partial charge in [-0.25, -0.2) is 0 Å². The molecule has 0 aromatic carbocycles. The molecule has 0 N–H and O–H groups in total. The van der Waals surface area contributed by atoms with Crippen molar-refractivity contribution in [3.63, 3.8) is 0 Å². The molecule has 12 heavy (non-hydrogen) atoms. The highest BCUT2D eigenvalue weighted by Gasteiger charge is 2.23. The molecule has 3 heteroatoms. The summed E-state index contributed by atoms with van der Waals surface area (Å²) in [7, 11) is 2.13. The van der Waals surface area contributed by atoms with Gasteiger partial charge in [-0.3, -0.25) is 0 Å². The molecule has 0 amide bonds. The number of rotatable bonds is 1. The Kier molecular flexibility index (Phi) is 2.44. The molecule has 0 bridgehead atoms. The van der Waals surface area contributed by atoms with E-state index in [4.69, 9.17) is 9.47 Å². The van der Waals surface area contributed by atoms with Crippen LogP contribution in [0.2, 0.25) is 0 Å². The second-order valence-corrected chi connectivity index (χ2v) is 3.38. The van der Waals surface area contributed by atoms with Crippen LogP contribution in [0.4, 0.5) is 0 Å². The average Bonchev–Trinajstić information content (AvgIpc) is 2.56. The third kappa shape index (κ3) is 1.68. The van der Waals surface area contributed by atoms with Gasteiger partial charge in [0.25, 0.3) is 0 Å². The van der Waals surface area contributed by atoms with Gasteiger partial charge in [0.05, 0.1) is 13.2 Å². The van der Waals surface area contributed by atoms with E-state index in [1.165, 1.54) is 5.57 Å². The van der Waals surface area contributed by atoms with Gasteiger partial charge in [-0.15, -0.1) is 0 Å². The molecule has 2 aliphatic rings. The number of nitrogens with zero attached hydrogens (tertiary/aromatic N) is 1. The molecule has 0 saturated carbocycles. The van der Waals surface area contributed by atoms with E-state index in [-0.39, 0.29) is 6.29 Å². The molecule has 2 aliphatic heterocycles. The van der Waals surface area contributed by atoms with Crippen LogP contribution in [-0.4, -0.2) is 44.5 Å². The van der Waals surface area contributed by atoms with Gasteiger partial charge >= 0.3 is 0 Å². The lowest BCUT2D eigenvalue weighted by molar-refractivity contribution is -0.0166. The molecule has 3 nitrogen and oxygen atoms in total. The van der Waals surface area contributed by atoms with Crippen LogP contribution >= 0.6 is 0 Å². The SMILES string of the molecule is CN1CCC=C(C2OCCO2)C1.